The van der Waals surface area contributed by atoms with Crippen LogP contribution in [0.4, 0.5) is 0 Å². The molecule has 0 saturated heterocycles. The van der Waals surface area contributed by atoms with Crippen molar-refractivity contribution < 1.29 is 4.42 Å². The second kappa shape index (κ2) is 4.18. The van der Waals surface area contributed by atoms with Gasteiger partial charge in [0.15, 0.2) is 0 Å². The Morgan fingerprint density at radius 2 is 2.36 bits per heavy atom. The predicted octanol–water partition coefficient (Wildman–Crippen LogP) is 3.12. The topological polar surface area (TPSA) is 25.2 Å². The first-order valence-electron chi connectivity index (χ1n) is 5.55. The van der Waals surface area contributed by atoms with E-state index in [9.17, 15) is 0 Å². The van der Waals surface area contributed by atoms with E-state index < -0.39 is 0 Å². The van der Waals surface area contributed by atoms with Crippen LogP contribution in [0.15, 0.2) is 22.8 Å². The summed E-state index contributed by atoms with van der Waals surface area (Å²) in [6.45, 7) is 4.50. The lowest BCUT2D eigenvalue weighted by atomic mass is 10.1. The van der Waals surface area contributed by atoms with Gasteiger partial charge in [-0.3, -0.25) is 0 Å². The van der Waals surface area contributed by atoms with Crippen molar-refractivity contribution in [3.63, 3.8) is 0 Å². The summed E-state index contributed by atoms with van der Waals surface area (Å²) in [4.78, 5) is 0. The molecular weight excluding hydrogens is 174 g/mol. The van der Waals surface area contributed by atoms with Crippen LogP contribution in [0.5, 0.6) is 0 Å². The van der Waals surface area contributed by atoms with Gasteiger partial charge in [0.25, 0.3) is 0 Å². The van der Waals surface area contributed by atoms with Gasteiger partial charge in [0.1, 0.15) is 5.76 Å². The van der Waals surface area contributed by atoms with E-state index in [1.807, 2.05) is 12.1 Å². The number of hydrogen-bond acceptors (Lipinski definition) is 2. The standard InChI is InChI=1S/C12H19NO/c1-9-5-6-11(8-9)13-10(2)12-4-3-7-14-12/h3-4,7,9-11,13H,5-6,8H2,1-2H3/t9?,10-,11?/m0/s1. The summed E-state index contributed by atoms with van der Waals surface area (Å²) < 4.78 is 5.37. The smallest absolute Gasteiger partial charge is 0.120 e. The Balaban J connectivity index is 1.86. The molecule has 1 aromatic heterocycles. The number of rotatable bonds is 3. The van der Waals surface area contributed by atoms with Crippen LogP contribution in [-0.2, 0) is 0 Å². The second-order valence-electron chi connectivity index (χ2n) is 4.52. The van der Waals surface area contributed by atoms with Crippen molar-refractivity contribution in [2.45, 2.75) is 45.2 Å². The first kappa shape index (κ1) is 9.78. The molecule has 2 heteroatoms. The van der Waals surface area contributed by atoms with Gasteiger partial charge in [0.05, 0.1) is 12.3 Å². The quantitative estimate of drug-likeness (QED) is 0.798. The molecule has 1 heterocycles. The van der Waals surface area contributed by atoms with Crippen molar-refractivity contribution in [1.82, 2.24) is 5.32 Å². The monoisotopic (exact) mass is 193 g/mol. The Bertz CT molecular complexity index is 268. The number of nitrogens with one attached hydrogen (secondary N) is 1. The summed E-state index contributed by atoms with van der Waals surface area (Å²) >= 11 is 0. The molecule has 1 saturated carbocycles. The molecule has 0 bridgehead atoms. The molecule has 1 aromatic rings. The first-order chi connectivity index (χ1) is 6.75. The Morgan fingerprint density at radius 1 is 1.50 bits per heavy atom. The summed E-state index contributed by atoms with van der Waals surface area (Å²) in [6, 6.07) is 5.02. The van der Waals surface area contributed by atoms with E-state index in [2.05, 4.69) is 19.2 Å². The molecular formula is C12H19NO. The fraction of sp³-hybridized carbons (Fsp3) is 0.667. The van der Waals surface area contributed by atoms with Gasteiger partial charge in [-0.15, -0.1) is 0 Å². The van der Waals surface area contributed by atoms with Gasteiger partial charge in [0, 0.05) is 6.04 Å². The van der Waals surface area contributed by atoms with Gasteiger partial charge in [-0.25, -0.2) is 0 Å². The van der Waals surface area contributed by atoms with E-state index in [1.165, 1.54) is 19.3 Å². The third kappa shape index (κ3) is 2.18. The molecule has 0 radical (unpaired) electrons. The van der Waals surface area contributed by atoms with Crippen molar-refractivity contribution >= 4 is 0 Å². The van der Waals surface area contributed by atoms with Gasteiger partial charge in [-0.2, -0.15) is 0 Å². The van der Waals surface area contributed by atoms with Crippen molar-refractivity contribution in [3.8, 4) is 0 Å². The molecule has 2 rings (SSSR count). The van der Waals surface area contributed by atoms with Crippen LogP contribution in [0, 0.1) is 5.92 Å². The highest BCUT2D eigenvalue weighted by atomic mass is 16.3. The number of hydrogen-bond donors (Lipinski definition) is 1. The molecule has 0 spiro atoms. The zero-order chi connectivity index (χ0) is 9.97. The lowest BCUT2D eigenvalue weighted by Gasteiger charge is -2.17. The van der Waals surface area contributed by atoms with Gasteiger partial charge in [-0.05, 0) is 44.2 Å². The minimum atomic E-state index is 0.347. The summed E-state index contributed by atoms with van der Waals surface area (Å²) in [5.41, 5.74) is 0. The molecule has 2 unspecified atom stereocenters. The van der Waals surface area contributed by atoms with Crippen LogP contribution in [0.1, 0.15) is 44.9 Å². The fourth-order valence-corrected chi connectivity index (χ4v) is 2.33. The fourth-order valence-electron chi connectivity index (χ4n) is 2.33. The van der Waals surface area contributed by atoms with Gasteiger partial charge < -0.3 is 9.73 Å². The third-order valence-corrected chi connectivity index (χ3v) is 3.15. The average molecular weight is 193 g/mol. The van der Waals surface area contributed by atoms with E-state index in [1.54, 1.807) is 6.26 Å². The Morgan fingerprint density at radius 3 is 2.93 bits per heavy atom. The molecule has 0 amide bonds. The summed E-state index contributed by atoms with van der Waals surface area (Å²) in [5.74, 6) is 1.93. The van der Waals surface area contributed by atoms with Crippen LogP contribution >= 0.6 is 0 Å². The summed E-state index contributed by atoms with van der Waals surface area (Å²) in [5, 5.41) is 3.62. The third-order valence-electron chi connectivity index (χ3n) is 3.15. The van der Waals surface area contributed by atoms with Crippen molar-refractivity contribution in [1.29, 1.82) is 0 Å². The molecule has 0 aliphatic heterocycles. The summed E-state index contributed by atoms with van der Waals surface area (Å²) in [7, 11) is 0. The normalized spacial score (nSPS) is 29.3. The Hall–Kier alpha value is -0.760. The lowest BCUT2D eigenvalue weighted by Crippen LogP contribution is -2.29. The van der Waals surface area contributed by atoms with E-state index >= 15 is 0 Å². The molecule has 78 valence electrons. The maximum atomic E-state index is 5.37. The highest BCUT2D eigenvalue weighted by molar-refractivity contribution is 5.03. The Labute approximate surface area is 85.7 Å². The molecule has 1 N–H and O–H groups in total. The maximum absolute atomic E-state index is 5.37. The largest absolute Gasteiger partial charge is 0.468 e. The van der Waals surface area contributed by atoms with Crippen molar-refractivity contribution in [3.05, 3.63) is 24.2 Å². The second-order valence-corrected chi connectivity index (χ2v) is 4.52. The van der Waals surface area contributed by atoms with Crippen LogP contribution < -0.4 is 5.32 Å². The zero-order valence-electron chi connectivity index (χ0n) is 8.99. The molecule has 1 fully saturated rings. The van der Waals surface area contributed by atoms with E-state index in [0.717, 1.165) is 11.7 Å². The average Bonchev–Trinajstić information content (AvgIpc) is 2.75. The molecule has 1 aliphatic rings. The zero-order valence-corrected chi connectivity index (χ0v) is 8.99. The minimum Gasteiger partial charge on any atom is -0.468 e. The maximum Gasteiger partial charge on any atom is 0.120 e. The van der Waals surface area contributed by atoms with Gasteiger partial charge >= 0.3 is 0 Å². The first-order valence-corrected chi connectivity index (χ1v) is 5.55. The molecule has 0 aromatic carbocycles. The molecule has 3 atom stereocenters. The SMILES string of the molecule is CC1CCC(N[C@@H](C)c2ccco2)C1. The molecule has 2 nitrogen and oxygen atoms in total. The van der Waals surface area contributed by atoms with Gasteiger partial charge in [0.2, 0.25) is 0 Å². The van der Waals surface area contributed by atoms with E-state index in [4.69, 9.17) is 4.42 Å². The Kier molecular flexibility index (Phi) is 2.92. The van der Waals surface area contributed by atoms with E-state index in [-0.39, 0.29) is 0 Å². The van der Waals surface area contributed by atoms with E-state index in [0.29, 0.717) is 12.1 Å². The minimum absolute atomic E-state index is 0.347. The van der Waals surface area contributed by atoms with Crippen LogP contribution in [0.25, 0.3) is 0 Å². The number of furan rings is 1. The predicted molar refractivity (Wildman–Crippen MR) is 57.1 cm³/mol. The van der Waals surface area contributed by atoms with Crippen LogP contribution in [0.3, 0.4) is 0 Å². The highest BCUT2D eigenvalue weighted by Gasteiger charge is 2.23. The molecule has 1 aliphatic carbocycles. The van der Waals surface area contributed by atoms with Crippen molar-refractivity contribution in [2.75, 3.05) is 0 Å². The van der Waals surface area contributed by atoms with Gasteiger partial charge in [-0.1, -0.05) is 6.92 Å². The van der Waals surface area contributed by atoms with Crippen molar-refractivity contribution in [2.24, 2.45) is 5.92 Å². The summed E-state index contributed by atoms with van der Waals surface area (Å²) in [6.07, 6.45) is 5.73. The molecule has 14 heavy (non-hydrogen) atoms. The van der Waals surface area contributed by atoms with Crippen LogP contribution in [0.2, 0.25) is 0 Å². The lowest BCUT2D eigenvalue weighted by molar-refractivity contribution is 0.385. The van der Waals surface area contributed by atoms with Crippen LogP contribution in [-0.4, -0.2) is 6.04 Å². The highest BCUT2D eigenvalue weighted by Crippen LogP contribution is 2.26.